The number of carbonyl (C=O) groups is 6. The Morgan fingerprint density at radius 3 is 2.13 bits per heavy atom. The number of aliphatic hydroxyl groups is 3. The summed E-state index contributed by atoms with van der Waals surface area (Å²) in [6.07, 6.45) is -10.4. The Kier molecular flexibility index (Phi) is 11.6. The van der Waals surface area contributed by atoms with E-state index in [1.54, 1.807) is 86.0 Å². The molecule has 4 aliphatic rings. The summed E-state index contributed by atoms with van der Waals surface area (Å²) in [5.74, 6) is -6.77. The van der Waals surface area contributed by atoms with E-state index < -0.39 is 113 Å². The molecule has 11 atom stereocenters. The summed E-state index contributed by atoms with van der Waals surface area (Å²) < 4.78 is 30.2. The number of hydrogen-bond donors (Lipinski definition) is 4. The predicted octanol–water partition coefficient (Wildman–Crippen LogP) is 3.80. The van der Waals surface area contributed by atoms with Crippen molar-refractivity contribution in [2.75, 3.05) is 6.61 Å². The Bertz CT molecular complexity index is 2240. The molecule has 61 heavy (non-hydrogen) atoms. The van der Waals surface area contributed by atoms with Gasteiger partial charge >= 0.3 is 23.9 Å². The number of fused-ring (bicyclic) bond motifs is 5. The van der Waals surface area contributed by atoms with E-state index in [2.05, 4.69) is 5.32 Å². The first-order chi connectivity index (χ1) is 28.8. The van der Waals surface area contributed by atoms with Crippen molar-refractivity contribution in [3.8, 4) is 0 Å². The number of esters is 4. The highest BCUT2D eigenvalue weighted by Crippen LogP contribution is 2.64. The third-order valence-electron chi connectivity index (χ3n) is 13.2. The molecule has 16 heteroatoms. The summed E-state index contributed by atoms with van der Waals surface area (Å²) in [4.78, 5) is 83.3. The molecule has 3 aliphatic carbocycles. The van der Waals surface area contributed by atoms with Crippen molar-refractivity contribution in [3.63, 3.8) is 0 Å². The minimum atomic E-state index is -2.37. The van der Waals surface area contributed by atoms with Gasteiger partial charge in [-0.1, -0.05) is 68.4 Å². The van der Waals surface area contributed by atoms with E-state index in [1.165, 1.54) is 19.9 Å². The maximum Gasteiger partial charge on any atom is 0.348 e. The van der Waals surface area contributed by atoms with E-state index in [-0.39, 0.29) is 34.6 Å². The van der Waals surface area contributed by atoms with Gasteiger partial charge in [-0.05, 0) is 54.1 Å². The number of nitrogens with one attached hydrogen (secondary N) is 1. The highest BCUT2D eigenvalue weighted by molar-refractivity contribution is 7.11. The van der Waals surface area contributed by atoms with Crippen LogP contribution in [0, 0.1) is 16.7 Å². The fraction of sp³-hybridized carbons (Fsp3) is 0.467. The van der Waals surface area contributed by atoms with Crippen molar-refractivity contribution < 1.29 is 67.8 Å². The summed E-state index contributed by atoms with van der Waals surface area (Å²) >= 11 is 1.05. The molecule has 0 radical (unpaired) electrons. The van der Waals surface area contributed by atoms with Gasteiger partial charge in [0.15, 0.2) is 23.6 Å². The second kappa shape index (κ2) is 16.2. The largest absolute Gasteiger partial charge is 0.456 e. The zero-order valence-electron chi connectivity index (χ0n) is 34.5. The Morgan fingerprint density at radius 2 is 1.56 bits per heavy atom. The normalized spacial score (nSPS) is 32.2. The van der Waals surface area contributed by atoms with Gasteiger partial charge in [0.25, 0.3) is 5.91 Å². The number of Topliss-reactive ketones (excluding diaryl/α,β-unsaturated/α-hetero) is 1. The number of ether oxygens (including phenoxy) is 5. The molecule has 2 bridgehead atoms. The second-order valence-electron chi connectivity index (χ2n) is 17.0. The molecular weight excluding hydrogens is 811 g/mol. The number of thiophene rings is 1. The van der Waals surface area contributed by atoms with Crippen LogP contribution in [0.3, 0.4) is 0 Å². The molecule has 3 aromatic rings. The summed E-state index contributed by atoms with van der Waals surface area (Å²) in [7, 11) is 0. The summed E-state index contributed by atoms with van der Waals surface area (Å²) in [5.41, 5.74) is -7.02. The van der Waals surface area contributed by atoms with Gasteiger partial charge in [0.2, 0.25) is 0 Å². The highest BCUT2D eigenvalue weighted by Gasteiger charge is 2.78. The van der Waals surface area contributed by atoms with Gasteiger partial charge < -0.3 is 44.3 Å². The average Bonchev–Trinajstić information content (AvgIpc) is 3.77. The fourth-order valence-electron chi connectivity index (χ4n) is 9.99. The molecule has 2 saturated carbocycles. The summed E-state index contributed by atoms with van der Waals surface area (Å²) in [5, 5.41) is 41.8. The van der Waals surface area contributed by atoms with Crippen LogP contribution in [0.2, 0.25) is 0 Å². The molecular formula is C45H49NO14S. The van der Waals surface area contributed by atoms with Crippen molar-refractivity contribution >= 4 is 46.9 Å². The molecule has 324 valence electrons. The van der Waals surface area contributed by atoms with Gasteiger partial charge in [-0.25, -0.2) is 9.59 Å². The number of amides is 1. The maximum absolute atomic E-state index is 15.4. The molecule has 2 aromatic carbocycles. The fourth-order valence-corrected chi connectivity index (χ4v) is 10.6. The second-order valence-corrected chi connectivity index (χ2v) is 17.9. The first-order valence-corrected chi connectivity index (χ1v) is 20.8. The maximum atomic E-state index is 15.4. The van der Waals surface area contributed by atoms with Crippen molar-refractivity contribution in [3.05, 3.63) is 105 Å². The standard InChI is InChI=1S/C45H49NO14S/c1-23-28(58-41(54)34(50)33(26-14-9-7-10-15-26)46-39(52)27-16-11-8-12-17-27)21-45(55)38(59-40(53)29-18-13-19-61-29)36-43(6,30(49)20-31-44(36,22-56-31)60-25(3)48)37(51)35(57-24(2)47)32(23)42(45,4)5/h7-19,28,30-31,33-36,38,49-50,55H,20-22H2,1-6H3,(H,46,52)/t28-,30-,31+,33-,34+,35+,36?,38-,43+,44-,45+/m0/s1. The van der Waals surface area contributed by atoms with Crippen LogP contribution in [-0.4, -0.2) is 105 Å². The lowest BCUT2D eigenvalue weighted by Crippen LogP contribution is -2.82. The number of rotatable bonds is 10. The van der Waals surface area contributed by atoms with Crippen LogP contribution in [-0.2, 0) is 42.9 Å². The molecule has 1 unspecified atom stereocenters. The minimum Gasteiger partial charge on any atom is -0.456 e. The molecule has 1 amide bonds. The number of aliphatic hydroxyl groups excluding tert-OH is 2. The zero-order chi connectivity index (χ0) is 44.2. The van der Waals surface area contributed by atoms with Crippen molar-refractivity contribution in [1.82, 2.24) is 5.32 Å². The highest BCUT2D eigenvalue weighted by atomic mass is 32.1. The average molecular weight is 860 g/mol. The van der Waals surface area contributed by atoms with E-state index in [4.69, 9.17) is 23.7 Å². The minimum absolute atomic E-state index is 0.00305. The lowest BCUT2D eigenvalue weighted by Gasteiger charge is -2.67. The molecule has 3 fully saturated rings. The van der Waals surface area contributed by atoms with Crippen LogP contribution in [0.4, 0.5) is 0 Å². The quantitative estimate of drug-likeness (QED) is 0.130. The first kappa shape index (κ1) is 43.8. The number of hydrogen-bond acceptors (Lipinski definition) is 15. The molecule has 1 saturated heterocycles. The third-order valence-corrected chi connectivity index (χ3v) is 14.0. The van der Waals surface area contributed by atoms with Gasteiger partial charge in [-0.15, -0.1) is 11.3 Å². The van der Waals surface area contributed by atoms with E-state index in [1.807, 2.05) is 0 Å². The van der Waals surface area contributed by atoms with Crippen LogP contribution >= 0.6 is 11.3 Å². The molecule has 2 heterocycles. The Hall–Kier alpha value is -5.26. The lowest BCUT2D eigenvalue weighted by atomic mass is 9.44. The van der Waals surface area contributed by atoms with Crippen LogP contribution in [0.15, 0.2) is 89.3 Å². The van der Waals surface area contributed by atoms with Crippen molar-refractivity contribution in [1.29, 1.82) is 0 Å². The van der Waals surface area contributed by atoms with E-state index in [9.17, 15) is 39.3 Å². The number of carbonyl (C=O) groups excluding carboxylic acids is 6. The smallest absolute Gasteiger partial charge is 0.348 e. The molecule has 7 rings (SSSR count). The molecule has 1 aromatic heterocycles. The van der Waals surface area contributed by atoms with Gasteiger partial charge in [0.05, 0.1) is 30.1 Å². The lowest BCUT2D eigenvalue weighted by molar-refractivity contribution is -0.346. The first-order valence-electron chi connectivity index (χ1n) is 20.0. The zero-order valence-corrected chi connectivity index (χ0v) is 35.3. The van der Waals surface area contributed by atoms with Crippen LogP contribution in [0.1, 0.15) is 86.0 Å². The van der Waals surface area contributed by atoms with E-state index in [0.29, 0.717) is 5.56 Å². The van der Waals surface area contributed by atoms with Gasteiger partial charge in [-0.3, -0.25) is 19.2 Å². The Labute approximate surface area is 356 Å². The molecule has 15 nitrogen and oxygen atoms in total. The predicted molar refractivity (Wildman–Crippen MR) is 216 cm³/mol. The van der Waals surface area contributed by atoms with E-state index in [0.717, 1.165) is 25.2 Å². The third kappa shape index (κ3) is 7.27. The monoisotopic (exact) mass is 859 g/mol. The number of ketones is 1. The number of benzene rings is 2. The SMILES string of the molecule is CC(=O)O[C@H]1C(=O)[C@@]2(C)C([C@H](OC(=O)c3cccs3)[C@]3(O)C[C@H](OC(=O)[C@H](O)[C@@H](NC(=O)c4ccccc4)c4ccccc4)C(C)=C1C3(C)C)[C@]1(OC(C)=O)CO[C@@H]1C[C@@H]2O. The molecule has 0 spiro atoms. The summed E-state index contributed by atoms with van der Waals surface area (Å²) in [6, 6.07) is 18.2. The molecule has 4 N–H and O–H groups in total. The molecule has 1 aliphatic heterocycles. The summed E-state index contributed by atoms with van der Waals surface area (Å²) in [6.45, 7) is 7.99. The van der Waals surface area contributed by atoms with Crippen LogP contribution in [0.5, 0.6) is 0 Å². The van der Waals surface area contributed by atoms with Gasteiger partial charge in [-0.2, -0.15) is 0 Å². The van der Waals surface area contributed by atoms with Crippen LogP contribution in [0.25, 0.3) is 0 Å². The van der Waals surface area contributed by atoms with Gasteiger partial charge in [0.1, 0.15) is 28.8 Å². The van der Waals surface area contributed by atoms with Crippen molar-refractivity contribution in [2.24, 2.45) is 16.7 Å². The van der Waals surface area contributed by atoms with E-state index >= 15 is 4.79 Å². The van der Waals surface area contributed by atoms with Crippen molar-refractivity contribution in [2.45, 2.75) is 108 Å². The Morgan fingerprint density at radius 1 is 0.902 bits per heavy atom. The Balaban J connectivity index is 1.38. The van der Waals surface area contributed by atoms with Crippen LogP contribution < -0.4 is 5.32 Å². The van der Waals surface area contributed by atoms with Gasteiger partial charge in [0, 0.05) is 37.7 Å². The topological polar surface area (TPSA) is 221 Å².